The van der Waals surface area contributed by atoms with Gasteiger partial charge in [-0.05, 0) is 49.7 Å². The van der Waals surface area contributed by atoms with Crippen molar-refractivity contribution in [2.24, 2.45) is 0 Å². The molecular formula is C28H26ClNO6. The third-order valence-corrected chi connectivity index (χ3v) is 6.27. The predicted molar refractivity (Wildman–Crippen MR) is 138 cm³/mol. The summed E-state index contributed by atoms with van der Waals surface area (Å²) in [7, 11) is 2.86. The first-order valence-electron chi connectivity index (χ1n) is 11.3. The number of hydrogen-bond donors (Lipinski definition) is 1. The second-order valence-electron chi connectivity index (χ2n) is 8.20. The summed E-state index contributed by atoms with van der Waals surface area (Å²) in [6.45, 7) is 4.25. The highest BCUT2D eigenvalue weighted by Gasteiger charge is 2.47. The van der Waals surface area contributed by atoms with Crippen LogP contribution >= 0.6 is 11.6 Å². The molecule has 1 fully saturated rings. The molecule has 1 N–H and O–H groups in total. The van der Waals surface area contributed by atoms with E-state index in [9.17, 15) is 14.7 Å². The summed E-state index contributed by atoms with van der Waals surface area (Å²) in [5.41, 5.74) is 2.21. The van der Waals surface area contributed by atoms with Crippen LogP contribution in [0.3, 0.4) is 0 Å². The number of rotatable bonds is 7. The van der Waals surface area contributed by atoms with E-state index in [1.54, 1.807) is 36.4 Å². The van der Waals surface area contributed by atoms with Gasteiger partial charge in [-0.2, -0.15) is 0 Å². The van der Waals surface area contributed by atoms with Gasteiger partial charge in [0.25, 0.3) is 11.7 Å². The molecule has 8 heteroatoms. The number of benzene rings is 3. The van der Waals surface area contributed by atoms with Crippen LogP contribution in [0.5, 0.6) is 17.2 Å². The number of carbonyl (C=O) groups excluding carboxylic acids is 2. The highest BCUT2D eigenvalue weighted by Crippen LogP contribution is 2.45. The summed E-state index contributed by atoms with van der Waals surface area (Å²) in [6, 6.07) is 16.4. The molecule has 0 aliphatic carbocycles. The van der Waals surface area contributed by atoms with Crippen molar-refractivity contribution in [3.63, 3.8) is 0 Å². The van der Waals surface area contributed by atoms with Crippen molar-refractivity contribution >= 4 is 34.7 Å². The lowest BCUT2D eigenvalue weighted by Crippen LogP contribution is -2.29. The molecule has 1 heterocycles. The van der Waals surface area contributed by atoms with Crippen molar-refractivity contribution in [3.8, 4) is 17.2 Å². The molecule has 186 valence electrons. The number of ketones is 1. The van der Waals surface area contributed by atoms with E-state index in [-0.39, 0.29) is 27.7 Å². The fourth-order valence-electron chi connectivity index (χ4n) is 4.25. The van der Waals surface area contributed by atoms with Crippen molar-refractivity contribution in [3.05, 3.63) is 87.9 Å². The van der Waals surface area contributed by atoms with Gasteiger partial charge in [0.05, 0.1) is 43.0 Å². The van der Waals surface area contributed by atoms with Gasteiger partial charge in [-0.3, -0.25) is 14.5 Å². The van der Waals surface area contributed by atoms with E-state index in [1.165, 1.54) is 31.3 Å². The van der Waals surface area contributed by atoms with Crippen LogP contribution in [0.4, 0.5) is 5.69 Å². The molecule has 0 aromatic heterocycles. The standard InChI is InChI=1S/C28H26ClNO6/c1-5-36-19-8-6-7-17(13-19)25-24(26(31)20-14-23(35-4)21(29)15-22(20)34-3)27(32)28(33)30(25)18-11-9-16(2)10-12-18/h6-15,25,31H,5H2,1-4H3/b26-24+. The fourth-order valence-corrected chi connectivity index (χ4v) is 4.48. The molecule has 0 bridgehead atoms. The number of halogens is 1. The van der Waals surface area contributed by atoms with E-state index < -0.39 is 23.5 Å². The number of aliphatic hydroxyl groups excluding tert-OH is 1. The molecule has 1 saturated heterocycles. The number of aryl methyl sites for hydroxylation is 1. The van der Waals surface area contributed by atoms with Crippen LogP contribution in [0.1, 0.15) is 29.7 Å². The second kappa shape index (κ2) is 10.3. The molecule has 1 atom stereocenters. The van der Waals surface area contributed by atoms with Gasteiger partial charge in [-0.25, -0.2) is 0 Å². The molecule has 36 heavy (non-hydrogen) atoms. The number of Topliss-reactive ketones (excluding diaryl/α,β-unsaturated/α-hetero) is 1. The number of ether oxygens (including phenoxy) is 3. The minimum absolute atomic E-state index is 0.0862. The lowest BCUT2D eigenvalue weighted by atomic mass is 9.94. The Hall–Kier alpha value is -3.97. The Labute approximate surface area is 214 Å². The topological polar surface area (TPSA) is 85.3 Å². The molecule has 3 aromatic carbocycles. The molecule has 1 amide bonds. The summed E-state index contributed by atoms with van der Waals surface area (Å²) < 4.78 is 16.4. The van der Waals surface area contributed by atoms with Gasteiger partial charge >= 0.3 is 0 Å². The Morgan fingerprint density at radius 2 is 1.69 bits per heavy atom. The fraction of sp³-hybridized carbons (Fsp3) is 0.214. The molecule has 1 aliphatic heterocycles. The van der Waals surface area contributed by atoms with Crippen LogP contribution < -0.4 is 19.1 Å². The molecule has 0 spiro atoms. The maximum atomic E-state index is 13.4. The van der Waals surface area contributed by atoms with Gasteiger partial charge < -0.3 is 19.3 Å². The van der Waals surface area contributed by atoms with Crippen LogP contribution in [0.25, 0.3) is 5.76 Å². The maximum Gasteiger partial charge on any atom is 0.300 e. The summed E-state index contributed by atoms with van der Waals surface area (Å²) in [5.74, 6) is -0.900. The average molecular weight is 508 g/mol. The molecule has 1 unspecified atom stereocenters. The Morgan fingerprint density at radius 3 is 2.33 bits per heavy atom. The van der Waals surface area contributed by atoms with E-state index in [0.717, 1.165) is 5.56 Å². The van der Waals surface area contributed by atoms with E-state index in [2.05, 4.69) is 0 Å². The zero-order chi connectivity index (χ0) is 26.0. The van der Waals surface area contributed by atoms with Gasteiger partial charge in [0.2, 0.25) is 0 Å². The van der Waals surface area contributed by atoms with Crippen LogP contribution in [-0.2, 0) is 9.59 Å². The summed E-state index contributed by atoms with van der Waals surface area (Å²) in [4.78, 5) is 28.2. The molecular weight excluding hydrogens is 482 g/mol. The lowest BCUT2D eigenvalue weighted by molar-refractivity contribution is -0.132. The van der Waals surface area contributed by atoms with E-state index >= 15 is 0 Å². The van der Waals surface area contributed by atoms with Crippen molar-refractivity contribution in [1.29, 1.82) is 0 Å². The number of methoxy groups -OCH3 is 2. The third-order valence-electron chi connectivity index (χ3n) is 5.97. The monoisotopic (exact) mass is 507 g/mol. The number of aliphatic hydroxyl groups is 1. The highest BCUT2D eigenvalue weighted by molar-refractivity contribution is 6.51. The van der Waals surface area contributed by atoms with Crippen molar-refractivity contribution in [2.45, 2.75) is 19.9 Å². The Balaban J connectivity index is 1.99. The highest BCUT2D eigenvalue weighted by atomic mass is 35.5. The smallest absolute Gasteiger partial charge is 0.300 e. The van der Waals surface area contributed by atoms with Crippen LogP contribution in [-0.4, -0.2) is 37.6 Å². The van der Waals surface area contributed by atoms with Crippen LogP contribution in [0.2, 0.25) is 5.02 Å². The minimum Gasteiger partial charge on any atom is -0.507 e. The maximum absolute atomic E-state index is 13.4. The lowest BCUT2D eigenvalue weighted by Gasteiger charge is -2.26. The molecule has 1 aliphatic rings. The normalized spacial score (nSPS) is 16.8. The zero-order valence-electron chi connectivity index (χ0n) is 20.4. The van der Waals surface area contributed by atoms with Gasteiger partial charge in [-0.1, -0.05) is 41.4 Å². The molecule has 3 aromatic rings. The Kier molecular flexibility index (Phi) is 7.22. The van der Waals surface area contributed by atoms with Crippen molar-refractivity contribution in [2.75, 3.05) is 25.7 Å². The molecule has 7 nitrogen and oxygen atoms in total. The number of hydrogen-bond acceptors (Lipinski definition) is 6. The Bertz CT molecular complexity index is 1350. The summed E-state index contributed by atoms with van der Waals surface area (Å²) >= 11 is 6.24. The van der Waals surface area contributed by atoms with Gasteiger partial charge in [0.1, 0.15) is 23.0 Å². The quantitative estimate of drug-likeness (QED) is 0.251. The first kappa shape index (κ1) is 25.1. The largest absolute Gasteiger partial charge is 0.507 e. The van der Waals surface area contributed by atoms with Gasteiger partial charge in [0.15, 0.2) is 0 Å². The first-order valence-corrected chi connectivity index (χ1v) is 11.7. The van der Waals surface area contributed by atoms with E-state index in [0.29, 0.717) is 23.6 Å². The molecule has 0 saturated carbocycles. The van der Waals surface area contributed by atoms with Crippen molar-refractivity contribution in [1.82, 2.24) is 0 Å². The number of amides is 1. The molecule has 4 rings (SSSR count). The van der Waals surface area contributed by atoms with E-state index in [4.69, 9.17) is 25.8 Å². The third kappa shape index (κ3) is 4.50. The number of anilines is 1. The number of carbonyl (C=O) groups is 2. The summed E-state index contributed by atoms with van der Waals surface area (Å²) in [5, 5.41) is 11.8. The summed E-state index contributed by atoms with van der Waals surface area (Å²) in [6.07, 6.45) is 0. The van der Waals surface area contributed by atoms with E-state index in [1.807, 2.05) is 26.0 Å². The minimum atomic E-state index is -0.917. The zero-order valence-corrected chi connectivity index (χ0v) is 21.1. The van der Waals surface area contributed by atoms with Crippen LogP contribution in [0, 0.1) is 6.92 Å². The molecule has 0 radical (unpaired) electrons. The first-order chi connectivity index (χ1) is 17.3. The SMILES string of the molecule is CCOc1cccc(C2/C(=C(\O)c3cc(OC)c(Cl)cc3OC)C(=O)C(=O)N2c2ccc(C)cc2)c1. The number of nitrogens with zero attached hydrogens (tertiary/aromatic N) is 1. The van der Waals surface area contributed by atoms with Crippen LogP contribution in [0.15, 0.2) is 66.2 Å². The Morgan fingerprint density at radius 1 is 1.00 bits per heavy atom. The van der Waals surface area contributed by atoms with Gasteiger partial charge in [-0.15, -0.1) is 0 Å². The van der Waals surface area contributed by atoms with Gasteiger partial charge in [0, 0.05) is 11.8 Å². The second-order valence-corrected chi connectivity index (χ2v) is 8.60. The predicted octanol–water partition coefficient (Wildman–Crippen LogP) is 5.69. The average Bonchev–Trinajstić information content (AvgIpc) is 3.14. The van der Waals surface area contributed by atoms with Crippen molar-refractivity contribution < 1.29 is 28.9 Å².